The van der Waals surface area contributed by atoms with Gasteiger partial charge >= 0.3 is 0 Å². The lowest BCUT2D eigenvalue weighted by atomic mass is 10.1. The van der Waals surface area contributed by atoms with Crippen molar-refractivity contribution in [1.29, 1.82) is 0 Å². The number of benzene rings is 2. The summed E-state index contributed by atoms with van der Waals surface area (Å²) in [7, 11) is 0. The molecular weight excluding hydrogens is 318 g/mol. The van der Waals surface area contributed by atoms with Gasteiger partial charge in [0.15, 0.2) is 23.1 Å². The van der Waals surface area contributed by atoms with Gasteiger partial charge in [-0.3, -0.25) is 4.79 Å². The van der Waals surface area contributed by atoms with Gasteiger partial charge in [-0.1, -0.05) is 29.3 Å². The second-order valence-corrected chi connectivity index (χ2v) is 5.20. The highest BCUT2D eigenvalue weighted by atomic mass is 35.5. The van der Waals surface area contributed by atoms with Crippen molar-refractivity contribution >= 4 is 35.1 Å². The molecule has 6 heteroatoms. The second-order valence-electron chi connectivity index (χ2n) is 4.38. The minimum atomic E-state index is -0.789. The summed E-state index contributed by atoms with van der Waals surface area (Å²) in [5.74, 6) is -1.50. The lowest BCUT2D eigenvalue weighted by Crippen LogP contribution is -1.98. The van der Waals surface area contributed by atoms with Crippen LogP contribution < -0.4 is 4.74 Å². The van der Waals surface area contributed by atoms with Crippen molar-refractivity contribution in [2.45, 2.75) is 0 Å². The van der Waals surface area contributed by atoms with Gasteiger partial charge in [0.25, 0.3) is 0 Å². The maximum absolute atomic E-state index is 13.3. The fraction of sp³-hybridized carbons (Fsp3) is 0. The third-order valence-corrected chi connectivity index (χ3v) is 3.60. The number of ether oxygens (including phenoxy) is 1. The van der Waals surface area contributed by atoms with Crippen molar-refractivity contribution in [2.24, 2.45) is 0 Å². The van der Waals surface area contributed by atoms with Crippen molar-refractivity contribution in [3.8, 4) is 11.5 Å². The predicted molar refractivity (Wildman–Crippen MR) is 77.5 cm³/mol. The highest BCUT2D eigenvalue weighted by Gasteiger charge is 2.31. The summed E-state index contributed by atoms with van der Waals surface area (Å²) in [5.41, 5.74) is 0.559. The Morgan fingerprint density at radius 3 is 2.52 bits per heavy atom. The largest absolute Gasteiger partial charge is 0.505 e. The van der Waals surface area contributed by atoms with Crippen LogP contribution >= 0.6 is 23.2 Å². The molecule has 2 aromatic rings. The minimum absolute atomic E-state index is 0.00918. The van der Waals surface area contributed by atoms with Crippen molar-refractivity contribution in [3.63, 3.8) is 0 Å². The van der Waals surface area contributed by atoms with Crippen molar-refractivity contribution in [3.05, 3.63) is 63.1 Å². The van der Waals surface area contributed by atoms with E-state index in [4.69, 9.17) is 33.0 Å². The highest BCUT2D eigenvalue weighted by molar-refractivity contribution is 6.39. The SMILES string of the molecule is O=C1/C(=C/c2ccc(O)c(F)c2)Oc2c(Cl)ccc(Cl)c21. The second kappa shape index (κ2) is 5.06. The number of halogens is 3. The van der Waals surface area contributed by atoms with Crippen LogP contribution in [0.4, 0.5) is 4.39 Å². The quantitative estimate of drug-likeness (QED) is 0.788. The number of hydrogen-bond acceptors (Lipinski definition) is 3. The Morgan fingerprint density at radius 2 is 1.86 bits per heavy atom. The number of hydrogen-bond donors (Lipinski definition) is 1. The normalized spacial score (nSPS) is 15.2. The van der Waals surface area contributed by atoms with E-state index in [-0.39, 0.29) is 27.1 Å². The Balaban J connectivity index is 2.05. The maximum atomic E-state index is 13.3. The average molecular weight is 325 g/mol. The van der Waals surface area contributed by atoms with E-state index in [2.05, 4.69) is 0 Å². The zero-order valence-electron chi connectivity index (χ0n) is 10.4. The summed E-state index contributed by atoms with van der Waals surface area (Å²) in [4.78, 5) is 12.2. The molecule has 1 N–H and O–H groups in total. The van der Waals surface area contributed by atoms with Crippen LogP contribution in [-0.4, -0.2) is 10.9 Å². The van der Waals surface area contributed by atoms with Gasteiger partial charge in [0.2, 0.25) is 5.78 Å². The van der Waals surface area contributed by atoms with E-state index in [1.165, 1.54) is 30.3 Å². The first kappa shape index (κ1) is 13.9. The summed E-state index contributed by atoms with van der Waals surface area (Å²) in [6, 6.07) is 6.76. The molecule has 0 bridgehead atoms. The zero-order chi connectivity index (χ0) is 15.1. The van der Waals surface area contributed by atoms with Crippen LogP contribution in [0.15, 0.2) is 36.1 Å². The number of carbonyl (C=O) groups excluding carboxylic acids is 1. The molecule has 0 saturated carbocycles. The van der Waals surface area contributed by atoms with Crippen LogP contribution in [0.3, 0.4) is 0 Å². The number of fused-ring (bicyclic) bond motifs is 1. The molecule has 0 aliphatic carbocycles. The van der Waals surface area contributed by atoms with Crippen LogP contribution in [0.1, 0.15) is 15.9 Å². The van der Waals surface area contributed by atoms with E-state index < -0.39 is 17.3 Å². The van der Waals surface area contributed by atoms with E-state index in [0.29, 0.717) is 5.56 Å². The molecule has 0 unspecified atom stereocenters. The Kier molecular flexibility index (Phi) is 3.35. The van der Waals surface area contributed by atoms with Gasteiger partial charge in [-0.05, 0) is 35.9 Å². The van der Waals surface area contributed by atoms with Crippen LogP contribution in [0.2, 0.25) is 10.0 Å². The Hall–Kier alpha value is -2.04. The summed E-state index contributed by atoms with van der Waals surface area (Å²) in [5, 5.41) is 9.65. The van der Waals surface area contributed by atoms with E-state index in [0.717, 1.165) is 6.07 Å². The van der Waals surface area contributed by atoms with E-state index >= 15 is 0 Å². The third kappa shape index (κ3) is 2.37. The molecule has 106 valence electrons. The summed E-state index contributed by atoms with van der Waals surface area (Å²) < 4.78 is 18.7. The molecule has 1 heterocycles. The molecule has 0 saturated heterocycles. The summed E-state index contributed by atoms with van der Waals surface area (Å²) in [6.45, 7) is 0. The number of carbonyl (C=O) groups is 1. The van der Waals surface area contributed by atoms with Gasteiger partial charge in [0.1, 0.15) is 0 Å². The van der Waals surface area contributed by atoms with Gasteiger partial charge in [-0.25, -0.2) is 4.39 Å². The number of rotatable bonds is 1. The number of phenols is 1. The molecule has 0 aromatic heterocycles. The predicted octanol–water partition coefficient (Wildman–Crippen LogP) is 4.45. The number of allylic oxidation sites excluding steroid dienone is 1. The standard InChI is InChI=1S/C15H7Cl2FO3/c16-8-2-3-9(17)15-13(8)14(20)12(21-15)6-7-1-4-11(19)10(18)5-7/h1-6,19H/b12-6-. The first-order valence-electron chi connectivity index (χ1n) is 5.88. The first-order valence-corrected chi connectivity index (χ1v) is 6.63. The number of phenolic OH excluding ortho intramolecular Hbond substituents is 1. The Labute approximate surface area is 129 Å². The van der Waals surface area contributed by atoms with Gasteiger partial charge in [-0.15, -0.1) is 0 Å². The lowest BCUT2D eigenvalue weighted by molar-refractivity contribution is 0.101. The number of aromatic hydroxyl groups is 1. The fourth-order valence-corrected chi connectivity index (χ4v) is 2.41. The Morgan fingerprint density at radius 1 is 1.14 bits per heavy atom. The molecular formula is C15H7Cl2FO3. The van der Waals surface area contributed by atoms with Gasteiger partial charge in [0, 0.05) is 0 Å². The molecule has 3 rings (SSSR count). The van der Waals surface area contributed by atoms with Crippen LogP contribution in [0.5, 0.6) is 11.5 Å². The number of ketones is 1. The highest BCUT2D eigenvalue weighted by Crippen LogP contribution is 2.41. The van der Waals surface area contributed by atoms with Crippen molar-refractivity contribution < 1.29 is 19.0 Å². The molecule has 1 aliphatic rings. The molecule has 1 aliphatic heterocycles. The van der Waals surface area contributed by atoms with E-state index in [1.807, 2.05) is 0 Å². The Bertz CT molecular complexity index is 800. The van der Waals surface area contributed by atoms with Gasteiger partial charge in [0.05, 0.1) is 15.6 Å². The van der Waals surface area contributed by atoms with Crippen molar-refractivity contribution in [2.75, 3.05) is 0 Å². The average Bonchev–Trinajstić information content (AvgIpc) is 2.77. The summed E-state index contributed by atoms with van der Waals surface area (Å²) in [6.07, 6.45) is 1.36. The van der Waals surface area contributed by atoms with E-state index in [9.17, 15) is 9.18 Å². The van der Waals surface area contributed by atoms with E-state index in [1.54, 1.807) is 0 Å². The molecule has 0 atom stereocenters. The monoisotopic (exact) mass is 324 g/mol. The molecule has 0 radical (unpaired) electrons. The summed E-state index contributed by atoms with van der Waals surface area (Å²) >= 11 is 11.9. The van der Waals surface area contributed by atoms with Crippen LogP contribution in [-0.2, 0) is 0 Å². The maximum Gasteiger partial charge on any atom is 0.233 e. The minimum Gasteiger partial charge on any atom is -0.505 e. The topological polar surface area (TPSA) is 46.5 Å². The molecule has 3 nitrogen and oxygen atoms in total. The molecule has 0 fully saturated rings. The molecule has 0 amide bonds. The molecule has 21 heavy (non-hydrogen) atoms. The third-order valence-electron chi connectivity index (χ3n) is 2.99. The molecule has 0 spiro atoms. The van der Waals surface area contributed by atoms with Crippen LogP contribution in [0, 0.1) is 5.82 Å². The smallest absolute Gasteiger partial charge is 0.233 e. The first-order chi connectivity index (χ1) is 9.97. The van der Waals surface area contributed by atoms with Crippen molar-refractivity contribution in [1.82, 2.24) is 0 Å². The number of Topliss-reactive ketones (excluding diaryl/α,β-unsaturated/α-hetero) is 1. The van der Waals surface area contributed by atoms with Gasteiger partial charge in [-0.2, -0.15) is 0 Å². The van der Waals surface area contributed by atoms with Crippen LogP contribution in [0.25, 0.3) is 6.08 Å². The molecule has 2 aromatic carbocycles. The van der Waals surface area contributed by atoms with Gasteiger partial charge < -0.3 is 9.84 Å². The lowest BCUT2D eigenvalue weighted by Gasteiger charge is -2.01. The zero-order valence-corrected chi connectivity index (χ0v) is 11.9. The fourth-order valence-electron chi connectivity index (χ4n) is 1.98.